The molecule has 1 amide bonds. The number of pyridine rings is 1. The van der Waals surface area contributed by atoms with Gasteiger partial charge in [-0.1, -0.05) is 25.7 Å². The summed E-state index contributed by atoms with van der Waals surface area (Å²) in [5.74, 6) is -4.11. The van der Waals surface area contributed by atoms with Crippen LogP contribution >= 0.6 is 0 Å². The Labute approximate surface area is 141 Å². The van der Waals surface area contributed by atoms with Crippen molar-refractivity contribution in [2.45, 2.75) is 50.5 Å². The Bertz CT molecular complexity index is 637. The van der Waals surface area contributed by atoms with E-state index >= 15 is 0 Å². The van der Waals surface area contributed by atoms with E-state index in [0.29, 0.717) is 5.56 Å². The van der Waals surface area contributed by atoms with E-state index < -0.39 is 38.1 Å². The van der Waals surface area contributed by atoms with Gasteiger partial charge in [-0.2, -0.15) is 0 Å². The van der Waals surface area contributed by atoms with Crippen LogP contribution in [0.15, 0.2) is 23.1 Å². The second kappa shape index (κ2) is 6.66. The van der Waals surface area contributed by atoms with E-state index in [1.807, 2.05) is 19.6 Å². The van der Waals surface area contributed by atoms with Crippen molar-refractivity contribution in [2.24, 2.45) is 0 Å². The summed E-state index contributed by atoms with van der Waals surface area (Å²) in [5.41, 5.74) is -0.614. The van der Waals surface area contributed by atoms with Crippen LogP contribution in [0, 0.1) is 0 Å². The van der Waals surface area contributed by atoms with Crippen LogP contribution in [0.1, 0.15) is 24.8 Å². The highest BCUT2D eigenvalue weighted by molar-refractivity contribution is 6.78. The Morgan fingerprint density at radius 1 is 1.42 bits per heavy atom. The molecule has 1 fully saturated rings. The molecule has 2 rings (SSSR count). The summed E-state index contributed by atoms with van der Waals surface area (Å²) in [5, 5.41) is 0. The maximum Gasteiger partial charge on any atom is 0.409 e. The monoisotopic (exact) mass is 358 g/mol. The number of nitrogens with one attached hydrogen (secondary N) is 1. The largest absolute Gasteiger partial charge is 0.450 e. The minimum Gasteiger partial charge on any atom is -0.450 e. The molecule has 5 nitrogen and oxygen atoms in total. The maximum absolute atomic E-state index is 14.8. The number of alkyl halides is 2. The molecular formula is C16H24F2N2O3Si. The van der Waals surface area contributed by atoms with Crippen LogP contribution < -0.4 is 5.56 Å². The fraction of sp³-hybridized carbons (Fsp3) is 0.625. The maximum atomic E-state index is 14.8. The summed E-state index contributed by atoms with van der Waals surface area (Å²) in [6, 6.07) is 2.68. The van der Waals surface area contributed by atoms with Crippen LogP contribution in [0.5, 0.6) is 0 Å². The average molecular weight is 358 g/mol. The number of halogens is 2. The minimum atomic E-state index is -2.95. The smallest absolute Gasteiger partial charge is 0.409 e. The van der Waals surface area contributed by atoms with Gasteiger partial charge in [0.1, 0.15) is 0 Å². The number of carbonyl (C=O) groups is 1. The fourth-order valence-electron chi connectivity index (χ4n) is 3.40. The van der Waals surface area contributed by atoms with Crippen LogP contribution in [0.3, 0.4) is 0 Å². The van der Waals surface area contributed by atoms with E-state index in [-0.39, 0.29) is 18.7 Å². The Kier molecular flexibility index (Phi) is 5.17. The van der Waals surface area contributed by atoms with Gasteiger partial charge in [-0.3, -0.25) is 4.79 Å². The number of amides is 1. The third-order valence-corrected chi connectivity index (χ3v) is 6.77. The lowest BCUT2D eigenvalue weighted by Gasteiger charge is -2.49. The lowest BCUT2D eigenvalue weighted by molar-refractivity contribution is -0.0821. The molecule has 2 heterocycles. The molecule has 0 radical (unpaired) electrons. The third kappa shape index (κ3) is 3.68. The quantitative estimate of drug-likeness (QED) is 0.844. The number of piperidine rings is 1. The first kappa shape index (κ1) is 18.6. The van der Waals surface area contributed by atoms with Crippen molar-refractivity contribution < 1.29 is 18.3 Å². The average Bonchev–Trinajstić information content (AvgIpc) is 2.46. The first-order valence-corrected chi connectivity index (χ1v) is 11.7. The molecule has 1 aliphatic rings. The van der Waals surface area contributed by atoms with Gasteiger partial charge in [0.2, 0.25) is 5.56 Å². The van der Waals surface area contributed by atoms with Crippen LogP contribution in [0.4, 0.5) is 13.6 Å². The normalized spacial score (nSPS) is 23.8. The van der Waals surface area contributed by atoms with E-state index in [1.54, 1.807) is 6.92 Å². The number of aromatic nitrogens is 1. The van der Waals surface area contributed by atoms with Crippen molar-refractivity contribution in [1.82, 2.24) is 9.88 Å². The van der Waals surface area contributed by atoms with Gasteiger partial charge in [0.15, 0.2) is 0 Å². The van der Waals surface area contributed by atoms with E-state index in [0.717, 1.165) is 0 Å². The summed E-state index contributed by atoms with van der Waals surface area (Å²) in [7, 11) is -2.21. The molecule has 0 aliphatic carbocycles. The lowest BCUT2D eigenvalue weighted by Crippen LogP contribution is -2.63. The number of aromatic amines is 1. The number of hydrogen-bond donors (Lipinski definition) is 1. The first-order chi connectivity index (χ1) is 11.1. The minimum absolute atomic E-state index is 0.0272. The molecule has 134 valence electrons. The topological polar surface area (TPSA) is 62.4 Å². The van der Waals surface area contributed by atoms with E-state index in [1.165, 1.54) is 23.2 Å². The molecular weight excluding hydrogens is 334 g/mol. The Balaban J connectivity index is 2.53. The summed E-state index contributed by atoms with van der Waals surface area (Å²) >= 11 is 0. The van der Waals surface area contributed by atoms with Gasteiger partial charge >= 0.3 is 6.09 Å². The summed E-state index contributed by atoms with van der Waals surface area (Å²) in [6.07, 6.45) is 0.370. The zero-order valence-electron chi connectivity index (χ0n) is 14.4. The van der Waals surface area contributed by atoms with Crippen LogP contribution in [-0.4, -0.2) is 48.8 Å². The molecule has 0 bridgehead atoms. The van der Waals surface area contributed by atoms with Gasteiger partial charge in [-0.25, -0.2) is 13.6 Å². The number of hydrogen-bond acceptors (Lipinski definition) is 3. The Hall–Kier alpha value is -1.70. The van der Waals surface area contributed by atoms with Gasteiger partial charge < -0.3 is 14.6 Å². The zero-order chi connectivity index (χ0) is 18.1. The lowest BCUT2D eigenvalue weighted by atomic mass is 9.87. The number of likely N-dealkylation sites (tertiary alicyclic amines) is 1. The van der Waals surface area contributed by atoms with Gasteiger partial charge in [-0.15, -0.1) is 0 Å². The van der Waals surface area contributed by atoms with Gasteiger partial charge in [-0.05, 0) is 12.5 Å². The number of carbonyl (C=O) groups excluding carboxylic acids is 1. The molecule has 24 heavy (non-hydrogen) atoms. The molecule has 0 aromatic carbocycles. The van der Waals surface area contributed by atoms with Crippen molar-refractivity contribution in [3.8, 4) is 0 Å². The van der Waals surface area contributed by atoms with Crippen molar-refractivity contribution in [3.05, 3.63) is 34.2 Å². The summed E-state index contributed by atoms with van der Waals surface area (Å²) in [6.45, 7) is 7.76. The zero-order valence-corrected chi connectivity index (χ0v) is 15.4. The molecule has 1 saturated heterocycles. The van der Waals surface area contributed by atoms with Gasteiger partial charge in [0.25, 0.3) is 5.92 Å². The SMILES string of the molecule is CCOC(=O)N1CCC(F)(F)C(c2ccc(=O)[nH]c2)C1[Si](C)(C)C. The molecule has 2 atom stereocenters. The summed E-state index contributed by atoms with van der Waals surface area (Å²) < 4.78 is 34.7. The third-order valence-electron chi connectivity index (χ3n) is 4.35. The molecule has 1 aromatic heterocycles. The molecule has 8 heteroatoms. The van der Waals surface area contributed by atoms with Crippen molar-refractivity contribution in [1.29, 1.82) is 0 Å². The number of ether oxygens (including phenoxy) is 1. The Morgan fingerprint density at radius 2 is 2.08 bits per heavy atom. The highest BCUT2D eigenvalue weighted by Crippen LogP contribution is 2.46. The van der Waals surface area contributed by atoms with Crippen molar-refractivity contribution in [2.75, 3.05) is 13.2 Å². The van der Waals surface area contributed by atoms with Crippen LogP contribution in [-0.2, 0) is 4.74 Å². The van der Waals surface area contributed by atoms with E-state index in [2.05, 4.69) is 4.98 Å². The van der Waals surface area contributed by atoms with Crippen molar-refractivity contribution in [3.63, 3.8) is 0 Å². The molecule has 1 aliphatic heterocycles. The molecule has 0 spiro atoms. The summed E-state index contributed by atoms with van der Waals surface area (Å²) in [4.78, 5) is 27.5. The second-order valence-corrected chi connectivity index (χ2v) is 12.5. The second-order valence-electron chi connectivity index (χ2n) is 7.18. The molecule has 1 aromatic rings. The van der Waals surface area contributed by atoms with Crippen LogP contribution in [0.25, 0.3) is 0 Å². The van der Waals surface area contributed by atoms with Crippen molar-refractivity contribution >= 4 is 14.2 Å². The predicted octanol–water partition coefficient (Wildman–Crippen LogP) is 3.20. The molecule has 2 unspecified atom stereocenters. The fourth-order valence-corrected chi connectivity index (χ4v) is 6.00. The molecule has 1 N–H and O–H groups in total. The Morgan fingerprint density at radius 3 is 2.58 bits per heavy atom. The van der Waals surface area contributed by atoms with E-state index in [4.69, 9.17) is 4.74 Å². The number of rotatable bonds is 3. The van der Waals surface area contributed by atoms with Gasteiger partial charge in [0, 0.05) is 30.9 Å². The highest BCUT2D eigenvalue weighted by atomic mass is 28.3. The van der Waals surface area contributed by atoms with Crippen LogP contribution in [0.2, 0.25) is 19.6 Å². The number of H-pyrrole nitrogens is 1. The van der Waals surface area contributed by atoms with E-state index in [9.17, 15) is 18.4 Å². The highest BCUT2D eigenvalue weighted by Gasteiger charge is 2.56. The predicted molar refractivity (Wildman–Crippen MR) is 90.2 cm³/mol. The number of nitrogens with zero attached hydrogens (tertiary/aromatic N) is 1. The first-order valence-electron chi connectivity index (χ1n) is 8.08. The molecule has 0 saturated carbocycles. The standard InChI is InChI=1S/C16H24F2N2O3Si/c1-5-23-15(22)20-9-8-16(17,18)13(14(20)24(2,3)4)11-6-7-12(21)19-10-11/h6-7,10,13-14H,5,8-9H2,1-4H3,(H,19,21). The van der Waals surface area contributed by atoms with Gasteiger partial charge in [0.05, 0.1) is 20.6 Å².